The third kappa shape index (κ3) is 2.55. The Bertz CT molecular complexity index is 361. The first kappa shape index (κ1) is 10.6. The maximum Gasteiger partial charge on any atom is 0.168 e. The van der Waals surface area contributed by atoms with E-state index in [0.717, 1.165) is 19.4 Å². The number of Topliss-reactive ketones (excluding diaryl/α,β-unsaturated/α-hetero) is 1. The van der Waals surface area contributed by atoms with Gasteiger partial charge in [-0.2, -0.15) is 0 Å². The maximum absolute atomic E-state index is 12.0. The Morgan fingerprint density at radius 3 is 3.13 bits per heavy atom. The highest BCUT2D eigenvalue weighted by molar-refractivity contribution is 6.29. The molecule has 0 amide bonds. The van der Waals surface area contributed by atoms with Gasteiger partial charge in [-0.05, 0) is 25.0 Å². The highest BCUT2D eigenvalue weighted by Gasteiger charge is 2.22. The molecule has 0 saturated carbocycles. The molecule has 2 heterocycles. The van der Waals surface area contributed by atoms with Crippen LogP contribution in [0, 0.1) is 5.92 Å². The number of halogens is 1. The van der Waals surface area contributed by atoms with Crippen molar-refractivity contribution in [3.63, 3.8) is 0 Å². The summed E-state index contributed by atoms with van der Waals surface area (Å²) in [7, 11) is 0. The molecule has 15 heavy (non-hydrogen) atoms. The fourth-order valence-electron chi connectivity index (χ4n) is 1.74. The molecule has 0 bridgehead atoms. The molecule has 1 aliphatic heterocycles. The number of hydrogen-bond donors (Lipinski definition) is 0. The van der Waals surface area contributed by atoms with Crippen LogP contribution in [0.5, 0.6) is 0 Å². The Kier molecular flexibility index (Phi) is 3.34. The summed E-state index contributed by atoms with van der Waals surface area (Å²) in [6, 6.07) is 3.31. The van der Waals surface area contributed by atoms with Crippen molar-refractivity contribution >= 4 is 17.4 Å². The first-order chi connectivity index (χ1) is 7.27. The average molecular weight is 226 g/mol. The van der Waals surface area contributed by atoms with E-state index < -0.39 is 0 Å². The van der Waals surface area contributed by atoms with E-state index in [1.807, 2.05) is 0 Å². The number of ketones is 1. The van der Waals surface area contributed by atoms with Crippen LogP contribution in [0.2, 0.25) is 5.15 Å². The van der Waals surface area contributed by atoms with Crippen molar-refractivity contribution in [1.82, 2.24) is 4.98 Å². The zero-order valence-electron chi connectivity index (χ0n) is 8.28. The lowest BCUT2D eigenvalue weighted by molar-refractivity contribution is 0.0461. The maximum atomic E-state index is 12.0. The Hall–Kier alpha value is -0.930. The Morgan fingerprint density at radius 1 is 1.60 bits per heavy atom. The Balaban J connectivity index is 2.12. The number of hydrogen-bond acceptors (Lipinski definition) is 3. The van der Waals surface area contributed by atoms with Gasteiger partial charge in [0.15, 0.2) is 5.78 Å². The number of rotatable bonds is 2. The molecule has 1 aromatic heterocycles. The summed E-state index contributed by atoms with van der Waals surface area (Å²) in [6.07, 6.45) is 3.41. The van der Waals surface area contributed by atoms with E-state index in [-0.39, 0.29) is 11.7 Å². The van der Waals surface area contributed by atoms with E-state index in [4.69, 9.17) is 16.3 Å². The highest BCUT2D eigenvalue weighted by Crippen LogP contribution is 2.19. The van der Waals surface area contributed by atoms with Gasteiger partial charge in [-0.1, -0.05) is 11.6 Å². The molecule has 0 radical (unpaired) electrons. The predicted octanol–water partition coefficient (Wildman–Crippen LogP) is 2.34. The van der Waals surface area contributed by atoms with Crippen LogP contribution >= 0.6 is 11.6 Å². The van der Waals surface area contributed by atoms with Crippen LogP contribution in [-0.4, -0.2) is 24.0 Å². The minimum Gasteiger partial charge on any atom is -0.381 e. The molecule has 0 N–H and O–H groups in total. The molecular weight excluding hydrogens is 214 g/mol. The van der Waals surface area contributed by atoms with Crippen molar-refractivity contribution in [2.24, 2.45) is 5.92 Å². The lowest BCUT2D eigenvalue weighted by Crippen LogP contribution is -2.25. The minimum atomic E-state index is -0.0165. The zero-order valence-corrected chi connectivity index (χ0v) is 9.04. The monoisotopic (exact) mass is 225 g/mol. The summed E-state index contributed by atoms with van der Waals surface area (Å²) >= 11 is 5.73. The van der Waals surface area contributed by atoms with E-state index >= 15 is 0 Å². The topological polar surface area (TPSA) is 39.2 Å². The van der Waals surface area contributed by atoms with Crippen molar-refractivity contribution in [3.05, 3.63) is 29.0 Å². The number of pyridine rings is 1. The van der Waals surface area contributed by atoms with Gasteiger partial charge in [0, 0.05) is 24.3 Å². The molecule has 2 rings (SSSR count). The van der Waals surface area contributed by atoms with Gasteiger partial charge in [-0.15, -0.1) is 0 Å². The van der Waals surface area contributed by atoms with Gasteiger partial charge in [0.2, 0.25) is 0 Å². The van der Waals surface area contributed by atoms with Crippen LogP contribution in [0.1, 0.15) is 23.2 Å². The molecule has 1 unspecified atom stereocenters. The summed E-state index contributed by atoms with van der Waals surface area (Å²) in [5, 5.41) is 0.359. The van der Waals surface area contributed by atoms with E-state index in [1.54, 1.807) is 18.3 Å². The second kappa shape index (κ2) is 4.73. The molecule has 0 aliphatic carbocycles. The molecule has 1 atom stereocenters. The molecule has 80 valence electrons. The predicted molar refractivity (Wildman–Crippen MR) is 57.1 cm³/mol. The third-order valence-corrected chi connectivity index (χ3v) is 2.75. The molecule has 0 aromatic carbocycles. The molecular formula is C11H12ClNO2. The van der Waals surface area contributed by atoms with Gasteiger partial charge >= 0.3 is 0 Å². The number of ether oxygens (including phenoxy) is 1. The molecule has 1 saturated heterocycles. The van der Waals surface area contributed by atoms with Crippen LogP contribution < -0.4 is 0 Å². The van der Waals surface area contributed by atoms with Crippen molar-refractivity contribution in [1.29, 1.82) is 0 Å². The van der Waals surface area contributed by atoms with Gasteiger partial charge in [-0.25, -0.2) is 4.98 Å². The largest absolute Gasteiger partial charge is 0.381 e. The van der Waals surface area contributed by atoms with Crippen LogP contribution in [0.4, 0.5) is 0 Å². The fourth-order valence-corrected chi connectivity index (χ4v) is 1.91. The standard InChI is InChI=1S/C11H12ClNO2/c12-10-6-8(3-4-13-10)11(14)9-2-1-5-15-7-9/h3-4,6,9H,1-2,5,7H2. The first-order valence-electron chi connectivity index (χ1n) is 5.01. The smallest absolute Gasteiger partial charge is 0.168 e. The van der Waals surface area contributed by atoms with Crippen LogP contribution in [0.25, 0.3) is 0 Å². The van der Waals surface area contributed by atoms with Gasteiger partial charge in [-0.3, -0.25) is 4.79 Å². The van der Waals surface area contributed by atoms with Crippen molar-refractivity contribution in [2.75, 3.05) is 13.2 Å². The molecule has 3 nitrogen and oxygen atoms in total. The second-order valence-electron chi connectivity index (χ2n) is 3.65. The molecule has 0 spiro atoms. The first-order valence-corrected chi connectivity index (χ1v) is 5.38. The quantitative estimate of drug-likeness (QED) is 0.573. The normalized spacial score (nSPS) is 21.3. The van der Waals surface area contributed by atoms with Crippen LogP contribution in [0.15, 0.2) is 18.3 Å². The van der Waals surface area contributed by atoms with E-state index in [9.17, 15) is 4.79 Å². The molecule has 1 aromatic rings. The molecule has 1 fully saturated rings. The van der Waals surface area contributed by atoms with Gasteiger partial charge in [0.05, 0.1) is 6.61 Å². The second-order valence-corrected chi connectivity index (χ2v) is 4.03. The summed E-state index contributed by atoms with van der Waals surface area (Å²) < 4.78 is 5.29. The third-order valence-electron chi connectivity index (χ3n) is 2.54. The van der Waals surface area contributed by atoms with Crippen molar-refractivity contribution in [3.8, 4) is 0 Å². The number of aromatic nitrogens is 1. The Labute approximate surface area is 93.4 Å². The highest BCUT2D eigenvalue weighted by atomic mass is 35.5. The summed E-state index contributed by atoms with van der Waals surface area (Å²) in [5.41, 5.74) is 0.630. The van der Waals surface area contributed by atoms with Crippen molar-refractivity contribution < 1.29 is 9.53 Å². The lowest BCUT2D eigenvalue weighted by Gasteiger charge is -2.20. The average Bonchev–Trinajstić information content (AvgIpc) is 2.29. The number of nitrogens with zero attached hydrogens (tertiary/aromatic N) is 1. The van der Waals surface area contributed by atoms with Crippen LogP contribution in [-0.2, 0) is 4.74 Å². The zero-order chi connectivity index (χ0) is 10.7. The van der Waals surface area contributed by atoms with Gasteiger partial charge in [0.1, 0.15) is 5.15 Å². The summed E-state index contributed by atoms with van der Waals surface area (Å²) in [4.78, 5) is 15.8. The van der Waals surface area contributed by atoms with E-state index in [2.05, 4.69) is 4.98 Å². The molecule has 1 aliphatic rings. The Morgan fingerprint density at radius 2 is 2.47 bits per heavy atom. The number of carbonyl (C=O) groups excluding carboxylic acids is 1. The minimum absolute atomic E-state index is 0.0165. The fraction of sp³-hybridized carbons (Fsp3) is 0.455. The van der Waals surface area contributed by atoms with E-state index in [0.29, 0.717) is 17.3 Å². The lowest BCUT2D eigenvalue weighted by atomic mass is 9.93. The number of carbonyl (C=O) groups is 1. The molecule has 4 heteroatoms. The van der Waals surface area contributed by atoms with Gasteiger partial charge in [0.25, 0.3) is 0 Å². The van der Waals surface area contributed by atoms with E-state index in [1.165, 1.54) is 0 Å². The van der Waals surface area contributed by atoms with Gasteiger partial charge < -0.3 is 4.74 Å². The SMILES string of the molecule is O=C(c1ccnc(Cl)c1)C1CCCOC1. The van der Waals surface area contributed by atoms with Crippen molar-refractivity contribution in [2.45, 2.75) is 12.8 Å². The summed E-state index contributed by atoms with van der Waals surface area (Å²) in [5.74, 6) is 0.0937. The summed E-state index contributed by atoms with van der Waals surface area (Å²) in [6.45, 7) is 1.29. The van der Waals surface area contributed by atoms with Crippen LogP contribution in [0.3, 0.4) is 0 Å².